The van der Waals surface area contributed by atoms with Gasteiger partial charge < -0.3 is 15.8 Å². The van der Waals surface area contributed by atoms with Gasteiger partial charge >= 0.3 is 0 Å². The molecule has 2 heterocycles. The average Bonchev–Trinajstić information content (AvgIpc) is 2.49. The van der Waals surface area contributed by atoms with Crippen LogP contribution in [0.2, 0.25) is 0 Å². The molecule has 22 heavy (non-hydrogen) atoms. The number of carbonyl (C=O) groups excluding carboxylic acids is 1. The molecule has 1 unspecified atom stereocenters. The second kappa shape index (κ2) is 10.7. The summed E-state index contributed by atoms with van der Waals surface area (Å²) in [5.41, 5.74) is 5.45. The fourth-order valence-corrected chi connectivity index (χ4v) is 3.28. The molecule has 5 nitrogen and oxygen atoms in total. The highest BCUT2D eigenvalue weighted by Gasteiger charge is 2.38. The van der Waals surface area contributed by atoms with Gasteiger partial charge in [0.15, 0.2) is 0 Å². The predicted octanol–water partition coefficient (Wildman–Crippen LogP) is 1.58. The van der Waals surface area contributed by atoms with Gasteiger partial charge in [-0.3, -0.25) is 9.69 Å². The Kier molecular flexibility index (Phi) is 10.6. The summed E-state index contributed by atoms with van der Waals surface area (Å²) in [6.07, 6.45) is 5.38. The lowest BCUT2D eigenvalue weighted by atomic mass is 9.79. The smallest absolute Gasteiger partial charge is 0.227 e. The molecule has 132 valence electrons. The lowest BCUT2D eigenvalue weighted by Gasteiger charge is -2.36. The Morgan fingerprint density at radius 1 is 1.32 bits per heavy atom. The topological polar surface area (TPSA) is 67.6 Å². The van der Waals surface area contributed by atoms with E-state index in [-0.39, 0.29) is 30.7 Å². The Morgan fingerprint density at radius 2 is 2.00 bits per heavy atom. The van der Waals surface area contributed by atoms with E-state index in [9.17, 15) is 4.79 Å². The van der Waals surface area contributed by atoms with Gasteiger partial charge in [-0.25, -0.2) is 0 Å². The molecule has 1 amide bonds. The van der Waals surface area contributed by atoms with Gasteiger partial charge in [-0.05, 0) is 39.2 Å². The van der Waals surface area contributed by atoms with Crippen LogP contribution >= 0.6 is 24.8 Å². The first-order valence-electron chi connectivity index (χ1n) is 7.98. The number of rotatable bonds is 5. The van der Waals surface area contributed by atoms with Crippen molar-refractivity contribution in [1.82, 2.24) is 10.2 Å². The third-order valence-corrected chi connectivity index (χ3v) is 4.95. The third-order valence-electron chi connectivity index (χ3n) is 4.95. The van der Waals surface area contributed by atoms with E-state index >= 15 is 0 Å². The molecule has 0 aromatic heterocycles. The van der Waals surface area contributed by atoms with E-state index in [1.54, 1.807) is 0 Å². The van der Waals surface area contributed by atoms with Crippen LogP contribution in [0.15, 0.2) is 0 Å². The highest BCUT2D eigenvalue weighted by atomic mass is 35.5. The minimum absolute atomic E-state index is 0. The van der Waals surface area contributed by atoms with Crippen molar-refractivity contribution in [2.45, 2.75) is 45.1 Å². The Morgan fingerprint density at radius 3 is 2.59 bits per heavy atom. The Bertz CT molecular complexity index is 326. The van der Waals surface area contributed by atoms with Crippen LogP contribution in [0, 0.1) is 5.41 Å². The van der Waals surface area contributed by atoms with E-state index in [1.165, 1.54) is 19.3 Å². The molecule has 2 aliphatic heterocycles. The lowest BCUT2D eigenvalue weighted by molar-refractivity contribution is -0.136. The standard InChI is InChI=1S/C15H29N3O2.2ClH/c1-13-4-2-3-8-18(13)9-7-17-14(19)15(12-16)5-10-20-11-6-15;;/h13H,2-12,16H2,1H3,(H,17,19);2*1H. The van der Waals surface area contributed by atoms with Gasteiger partial charge in [0.05, 0.1) is 5.41 Å². The summed E-state index contributed by atoms with van der Waals surface area (Å²) >= 11 is 0. The van der Waals surface area contributed by atoms with E-state index in [1.807, 2.05) is 0 Å². The number of hydrogen-bond donors (Lipinski definition) is 2. The maximum Gasteiger partial charge on any atom is 0.227 e. The summed E-state index contributed by atoms with van der Waals surface area (Å²) in [6.45, 7) is 6.83. The zero-order chi connectivity index (χ0) is 14.4. The minimum atomic E-state index is -0.397. The number of ether oxygens (including phenoxy) is 1. The Hall–Kier alpha value is -0.0700. The molecule has 0 spiro atoms. The van der Waals surface area contributed by atoms with Crippen LogP contribution in [-0.2, 0) is 9.53 Å². The zero-order valence-corrected chi connectivity index (χ0v) is 15.1. The first-order valence-corrected chi connectivity index (χ1v) is 7.98. The fraction of sp³-hybridized carbons (Fsp3) is 0.933. The van der Waals surface area contributed by atoms with Crippen molar-refractivity contribution < 1.29 is 9.53 Å². The number of amides is 1. The minimum Gasteiger partial charge on any atom is -0.381 e. The van der Waals surface area contributed by atoms with Gasteiger partial charge in [-0.15, -0.1) is 24.8 Å². The van der Waals surface area contributed by atoms with Gasteiger partial charge in [0.25, 0.3) is 0 Å². The summed E-state index contributed by atoms with van der Waals surface area (Å²) in [7, 11) is 0. The largest absolute Gasteiger partial charge is 0.381 e. The van der Waals surface area contributed by atoms with Crippen molar-refractivity contribution in [2.75, 3.05) is 39.4 Å². The van der Waals surface area contributed by atoms with E-state index in [0.717, 1.165) is 32.5 Å². The van der Waals surface area contributed by atoms with Gasteiger partial charge in [0, 0.05) is 38.9 Å². The van der Waals surface area contributed by atoms with Crippen molar-refractivity contribution in [2.24, 2.45) is 11.1 Å². The number of nitrogens with two attached hydrogens (primary N) is 1. The van der Waals surface area contributed by atoms with Crippen LogP contribution in [-0.4, -0.2) is 56.2 Å². The van der Waals surface area contributed by atoms with Gasteiger partial charge in [-0.1, -0.05) is 6.42 Å². The molecule has 2 saturated heterocycles. The molecule has 0 radical (unpaired) electrons. The molecule has 1 atom stereocenters. The average molecular weight is 356 g/mol. The normalized spacial score (nSPS) is 24.7. The van der Waals surface area contributed by atoms with Crippen LogP contribution in [0.25, 0.3) is 0 Å². The molecule has 2 rings (SSSR count). The summed E-state index contributed by atoms with van der Waals surface area (Å²) in [6, 6.07) is 0.646. The highest BCUT2D eigenvalue weighted by Crippen LogP contribution is 2.29. The number of hydrogen-bond acceptors (Lipinski definition) is 4. The van der Waals surface area contributed by atoms with E-state index in [2.05, 4.69) is 17.1 Å². The molecule has 0 aliphatic carbocycles. The number of likely N-dealkylation sites (tertiary alicyclic amines) is 1. The van der Waals surface area contributed by atoms with Crippen molar-refractivity contribution >= 4 is 30.7 Å². The fourth-order valence-electron chi connectivity index (χ4n) is 3.28. The van der Waals surface area contributed by atoms with Gasteiger partial charge in [0.1, 0.15) is 0 Å². The van der Waals surface area contributed by atoms with Crippen molar-refractivity contribution in [3.63, 3.8) is 0 Å². The monoisotopic (exact) mass is 355 g/mol. The second-order valence-electron chi connectivity index (χ2n) is 6.23. The van der Waals surface area contributed by atoms with Crippen LogP contribution in [0.1, 0.15) is 39.0 Å². The molecule has 2 fully saturated rings. The summed E-state index contributed by atoms with van der Waals surface area (Å²) in [4.78, 5) is 14.9. The molecule has 0 saturated carbocycles. The van der Waals surface area contributed by atoms with E-state index in [4.69, 9.17) is 10.5 Å². The zero-order valence-electron chi connectivity index (χ0n) is 13.5. The van der Waals surface area contributed by atoms with Crippen LogP contribution in [0.3, 0.4) is 0 Å². The van der Waals surface area contributed by atoms with Crippen LogP contribution < -0.4 is 11.1 Å². The quantitative estimate of drug-likeness (QED) is 0.785. The number of halogens is 2. The number of carbonyl (C=O) groups is 1. The third kappa shape index (κ3) is 5.53. The van der Waals surface area contributed by atoms with Gasteiger partial charge in [-0.2, -0.15) is 0 Å². The molecule has 0 bridgehead atoms. The summed E-state index contributed by atoms with van der Waals surface area (Å²) < 4.78 is 5.35. The van der Waals surface area contributed by atoms with E-state index < -0.39 is 5.41 Å². The molecule has 3 N–H and O–H groups in total. The molecule has 0 aromatic carbocycles. The predicted molar refractivity (Wildman–Crippen MR) is 93.9 cm³/mol. The van der Waals surface area contributed by atoms with Crippen LogP contribution in [0.4, 0.5) is 0 Å². The lowest BCUT2D eigenvalue weighted by Crippen LogP contribution is -2.51. The number of nitrogens with one attached hydrogen (secondary N) is 1. The second-order valence-corrected chi connectivity index (χ2v) is 6.23. The number of nitrogens with zero attached hydrogens (tertiary/aromatic N) is 1. The van der Waals surface area contributed by atoms with Gasteiger partial charge in [0.2, 0.25) is 5.91 Å². The first kappa shape index (κ1) is 21.9. The first-order chi connectivity index (χ1) is 9.68. The van der Waals surface area contributed by atoms with Crippen LogP contribution in [0.5, 0.6) is 0 Å². The summed E-state index contributed by atoms with van der Waals surface area (Å²) in [5.74, 6) is 0.118. The maximum absolute atomic E-state index is 12.4. The highest BCUT2D eigenvalue weighted by molar-refractivity contribution is 5.85. The van der Waals surface area contributed by atoms with Crippen molar-refractivity contribution in [1.29, 1.82) is 0 Å². The Labute approximate surface area is 146 Å². The number of piperidine rings is 1. The summed E-state index contributed by atoms with van der Waals surface area (Å²) in [5, 5.41) is 3.10. The van der Waals surface area contributed by atoms with Crippen molar-refractivity contribution in [3.8, 4) is 0 Å². The molecule has 7 heteroatoms. The molecule has 0 aromatic rings. The molecular formula is C15H31Cl2N3O2. The molecular weight excluding hydrogens is 325 g/mol. The SMILES string of the molecule is CC1CCCCN1CCNC(=O)C1(CN)CCOCC1.Cl.Cl. The Balaban J connectivity index is 0.00000220. The van der Waals surface area contributed by atoms with Crippen molar-refractivity contribution in [3.05, 3.63) is 0 Å². The van der Waals surface area contributed by atoms with E-state index in [0.29, 0.717) is 25.8 Å². The molecule has 2 aliphatic rings. The maximum atomic E-state index is 12.4.